The van der Waals surface area contributed by atoms with Crippen LogP contribution >= 0.6 is 15.6 Å². The first-order chi connectivity index (χ1) is 12.9. The zero-order valence-electron chi connectivity index (χ0n) is 14.8. The lowest BCUT2D eigenvalue weighted by Crippen LogP contribution is -2.34. The average molecular weight is 454 g/mol. The van der Waals surface area contributed by atoms with Crippen molar-refractivity contribution in [2.45, 2.75) is 25.1 Å². The zero-order chi connectivity index (χ0) is 21.8. The molecule has 0 aliphatic rings. The molecule has 0 radical (unpaired) electrons. The summed E-state index contributed by atoms with van der Waals surface area (Å²) in [6.07, 6.45) is -1.36. The maximum absolute atomic E-state index is 11.9. The van der Waals surface area contributed by atoms with E-state index in [1.54, 1.807) is 6.92 Å². The fourth-order valence-corrected chi connectivity index (χ4v) is 3.03. The van der Waals surface area contributed by atoms with Crippen LogP contribution in [-0.2, 0) is 41.6 Å². The minimum atomic E-state index is -4.74. The van der Waals surface area contributed by atoms with Crippen molar-refractivity contribution < 1.29 is 61.8 Å². The smallest absolute Gasteiger partial charge is 0.472 e. The number of phosphoric ester groups is 2. The van der Waals surface area contributed by atoms with Crippen molar-refractivity contribution in [1.29, 1.82) is 0 Å². The van der Waals surface area contributed by atoms with Crippen molar-refractivity contribution in [2.24, 2.45) is 11.5 Å². The molecule has 0 aliphatic heterocycles. The van der Waals surface area contributed by atoms with Gasteiger partial charge >= 0.3 is 21.6 Å². The van der Waals surface area contributed by atoms with Crippen LogP contribution in [0, 0.1) is 6.61 Å². The van der Waals surface area contributed by atoms with Gasteiger partial charge in [0.25, 0.3) is 0 Å². The van der Waals surface area contributed by atoms with Crippen molar-refractivity contribution in [3.8, 4) is 0 Å². The van der Waals surface area contributed by atoms with Crippen LogP contribution in [0.2, 0.25) is 0 Å². The second-order valence-electron chi connectivity index (χ2n) is 5.05. The topological polar surface area (TPSA) is 242 Å². The largest absolute Gasteiger partial charge is 0.759 e. The number of rotatable bonds is 17. The van der Waals surface area contributed by atoms with E-state index in [0.717, 1.165) is 0 Å². The number of aliphatic carboxylic acids is 1. The van der Waals surface area contributed by atoms with Gasteiger partial charge < -0.3 is 41.2 Å². The van der Waals surface area contributed by atoms with E-state index in [1.807, 2.05) is 0 Å². The number of phosphoric acid groups is 2. The van der Waals surface area contributed by atoms with Crippen molar-refractivity contribution in [3.63, 3.8) is 0 Å². The summed E-state index contributed by atoms with van der Waals surface area (Å²) in [5.74, 6) is -1.46. The van der Waals surface area contributed by atoms with Gasteiger partial charge in [0, 0.05) is 13.2 Å². The molecule has 0 fully saturated rings. The highest BCUT2D eigenvalue weighted by molar-refractivity contribution is 7.47. The minimum Gasteiger partial charge on any atom is -0.759 e. The SMILES string of the molecule is CCOCC(COP(=O)(O)OCC(N)C(=O)O)OP(=O)(O)OCC(N)[CH-]O[O-]. The third kappa shape index (κ3) is 13.6. The van der Waals surface area contributed by atoms with Gasteiger partial charge in [-0.3, -0.25) is 22.9 Å². The molecule has 28 heavy (non-hydrogen) atoms. The van der Waals surface area contributed by atoms with Crippen molar-refractivity contribution in [1.82, 2.24) is 0 Å². The number of carboxylic acid groups (broad SMARTS) is 1. The van der Waals surface area contributed by atoms with Crippen LogP contribution in [0.4, 0.5) is 0 Å². The van der Waals surface area contributed by atoms with Gasteiger partial charge in [-0.15, -0.1) is 0 Å². The summed E-state index contributed by atoms with van der Waals surface area (Å²) in [7, 11) is -9.46. The molecular formula is C11H24N2O13P2-2. The van der Waals surface area contributed by atoms with Crippen LogP contribution < -0.4 is 16.7 Å². The Morgan fingerprint density at radius 2 is 1.64 bits per heavy atom. The molecule has 5 unspecified atom stereocenters. The Kier molecular flexibility index (Phi) is 13.4. The molecule has 0 spiro atoms. The van der Waals surface area contributed by atoms with Gasteiger partial charge in [0.1, 0.15) is 12.1 Å². The highest BCUT2D eigenvalue weighted by Gasteiger charge is 2.31. The van der Waals surface area contributed by atoms with Crippen LogP contribution in [0.3, 0.4) is 0 Å². The van der Waals surface area contributed by atoms with Crippen LogP contribution in [0.15, 0.2) is 0 Å². The van der Waals surface area contributed by atoms with E-state index in [0.29, 0.717) is 6.61 Å². The normalized spacial score (nSPS) is 19.4. The highest BCUT2D eigenvalue weighted by Crippen LogP contribution is 2.47. The zero-order valence-corrected chi connectivity index (χ0v) is 16.6. The predicted molar refractivity (Wildman–Crippen MR) is 87.8 cm³/mol. The van der Waals surface area contributed by atoms with Gasteiger partial charge in [0.15, 0.2) is 0 Å². The highest BCUT2D eigenvalue weighted by atomic mass is 31.2. The Balaban J connectivity index is 4.69. The molecule has 0 saturated heterocycles. The van der Waals surface area contributed by atoms with Gasteiger partial charge in [-0.2, -0.15) is 0 Å². The maximum atomic E-state index is 11.9. The monoisotopic (exact) mass is 454 g/mol. The maximum Gasteiger partial charge on any atom is 0.472 e. The first-order valence-corrected chi connectivity index (χ1v) is 10.6. The van der Waals surface area contributed by atoms with E-state index in [-0.39, 0.29) is 13.2 Å². The Labute approximate surface area is 160 Å². The number of hydrogen-bond acceptors (Lipinski definition) is 12. The van der Waals surface area contributed by atoms with Crippen LogP contribution in [0.25, 0.3) is 0 Å². The van der Waals surface area contributed by atoms with Crippen LogP contribution in [-0.4, -0.2) is 72.1 Å². The summed E-state index contributed by atoms with van der Waals surface area (Å²) in [4.78, 5) is 33.1. The van der Waals surface area contributed by atoms with Gasteiger partial charge in [-0.05, 0) is 6.92 Å². The molecule has 0 amide bonds. The predicted octanol–water partition coefficient (Wildman–Crippen LogP) is -2.15. The molecule has 0 bridgehead atoms. The number of hydrogen-bond donors (Lipinski definition) is 5. The fraction of sp³-hybridized carbons (Fsp3) is 0.818. The third-order valence-electron chi connectivity index (χ3n) is 2.61. The summed E-state index contributed by atoms with van der Waals surface area (Å²) >= 11 is 0. The van der Waals surface area contributed by atoms with Crippen LogP contribution in [0.1, 0.15) is 6.92 Å². The second kappa shape index (κ2) is 13.7. The Bertz CT molecular complexity index is 551. The number of nitrogens with two attached hydrogens (primary N) is 2. The lowest BCUT2D eigenvalue weighted by Gasteiger charge is -2.27. The molecule has 7 N–H and O–H groups in total. The molecule has 15 nitrogen and oxygen atoms in total. The standard InChI is InChI=1S/C11H25N2O13P2/c1-2-21-5-9(26-28(19,20)23-4-8(12)3-22-16)6-24-27(17,18)25-7-10(13)11(14)15/h3,8-10,16H,2,4-7,12-13H2,1H3,(H,14,15)(H,17,18)(H,19,20)/q-1/p-1. The fourth-order valence-electron chi connectivity index (χ4n) is 1.33. The molecule has 0 aliphatic carbocycles. The number of carbonyl (C=O) groups is 1. The summed E-state index contributed by atoms with van der Waals surface area (Å²) < 4.78 is 46.9. The van der Waals surface area contributed by atoms with E-state index in [9.17, 15) is 29.0 Å². The number of ether oxygens (including phenoxy) is 1. The molecule has 5 atom stereocenters. The second-order valence-corrected chi connectivity index (χ2v) is 7.91. The summed E-state index contributed by atoms with van der Waals surface area (Å²) in [6, 6.07) is -2.68. The Hall–Kier alpha value is -0.510. The van der Waals surface area contributed by atoms with Crippen molar-refractivity contribution >= 4 is 21.6 Å². The summed E-state index contributed by atoms with van der Waals surface area (Å²) in [5, 5.41) is 18.5. The molecular weight excluding hydrogens is 430 g/mol. The van der Waals surface area contributed by atoms with E-state index >= 15 is 0 Å². The van der Waals surface area contributed by atoms with Gasteiger partial charge in [-0.1, -0.05) is 6.04 Å². The molecule has 168 valence electrons. The molecule has 0 rings (SSSR count). The first-order valence-electron chi connectivity index (χ1n) is 7.63. The summed E-state index contributed by atoms with van der Waals surface area (Å²) in [5.41, 5.74) is 10.4. The minimum absolute atomic E-state index is 0.178. The van der Waals surface area contributed by atoms with Gasteiger partial charge in [0.05, 0.1) is 19.8 Å². The molecule has 0 saturated carbocycles. The van der Waals surface area contributed by atoms with Crippen molar-refractivity contribution in [3.05, 3.63) is 6.61 Å². The molecule has 0 aromatic heterocycles. The van der Waals surface area contributed by atoms with E-state index in [1.165, 1.54) is 0 Å². The molecule has 0 aromatic rings. The lowest BCUT2D eigenvalue weighted by molar-refractivity contribution is -0.676. The third-order valence-corrected chi connectivity index (χ3v) is 4.60. The summed E-state index contributed by atoms with van der Waals surface area (Å²) in [6.45, 7) is -0.116. The average Bonchev–Trinajstić information content (AvgIpc) is 2.60. The van der Waals surface area contributed by atoms with E-state index < -0.39 is 59.6 Å². The Morgan fingerprint density at radius 1 is 1.07 bits per heavy atom. The van der Waals surface area contributed by atoms with E-state index in [2.05, 4.69) is 18.5 Å². The quantitative estimate of drug-likeness (QED) is 0.0681. The first kappa shape index (κ1) is 27.5. The van der Waals surface area contributed by atoms with E-state index in [4.69, 9.17) is 25.8 Å². The van der Waals surface area contributed by atoms with Crippen molar-refractivity contribution in [2.75, 3.05) is 33.0 Å². The van der Waals surface area contributed by atoms with Crippen LogP contribution in [0.5, 0.6) is 0 Å². The molecule has 17 heteroatoms. The van der Waals surface area contributed by atoms with Gasteiger partial charge in [0.2, 0.25) is 0 Å². The Morgan fingerprint density at radius 3 is 2.18 bits per heavy atom. The molecule has 0 aromatic carbocycles. The number of carboxylic acids is 1. The van der Waals surface area contributed by atoms with Gasteiger partial charge in [-0.25, -0.2) is 15.7 Å². The lowest BCUT2D eigenvalue weighted by atomic mass is 10.3. The molecule has 0 heterocycles.